The molecule has 0 saturated carbocycles. The van der Waals surface area contributed by atoms with E-state index in [2.05, 4.69) is 26.3 Å². The molecule has 0 aromatic carbocycles. The Morgan fingerprint density at radius 1 is 1.61 bits per heavy atom. The lowest BCUT2D eigenvalue weighted by Crippen LogP contribution is -2.35. The molecule has 1 aromatic heterocycles. The van der Waals surface area contributed by atoms with Gasteiger partial charge in [0.1, 0.15) is 5.82 Å². The molecular formula is C12H18N6. The summed E-state index contributed by atoms with van der Waals surface area (Å²) >= 11 is 0. The first kappa shape index (κ1) is 12.6. The van der Waals surface area contributed by atoms with Crippen LogP contribution in [0.25, 0.3) is 0 Å². The van der Waals surface area contributed by atoms with E-state index < -0.39 is 0 Å². The van der Waals surface area contributed by atoms with Crippen molar-refractivity contribution in [2.75, 3.05) is 30.7 Å². The van der Waals surface area contributed by atoms with Gasteiger partial charge < -0.3 is 11.1 Å². The minimum absolute atomic E-state index is 0.285. The fourth-order valence-corrected chi connectivity index (χ4v) is 2.31. The quantitative estimate of drug-likeness (QED) is 0.800. The zero-order valence-corrected chi connectivity index (χ0v) is 10.3. The average molecular weight is 246 g/mol. The predicted octanol–water partition coefficient (Wildman–Crippen LogP) is 0.849. The molecule has 3 N–H and O–H groups in total. The van der Waals surface area contributed by atoms with Gasteiger partial charge in [0.05, 0.1) is 6.07 Å². The zero-order chi connectivity index (χ0) is 12.8. The monoisotopic (exact) mass is 246 g/mol. The molecule has 1 aliphatic rings. The number of nitrogens with two attached hydrogens (primary N) is 1. The van der Waals surface area contributed by atoms with E-state index in [9.17, 15) is 0 Å². The normalized spacial score (nSPS) is 19.6. The topological polar surface area (TPSA) is 90.9 Å². The Hall–Kier alpha value is -1.87. The van der Waals surface area contributed by atoms with E-state index in [0.717, 1.165) is 25.5 Å². The van der Waals surface area contributed by atoms with Crippen molar-refractivity contribution >= 4 is 11.8 Å². The first-order valence-electron chi connectivity index (χ1n) is 6.23. The Morgan fingerprint density at radius 2 is 2.50 bits per heavy atom. The van der Waals surface area contributed by atoms with Crippen molar-refractivity contribution in [3.8, 4) is 6.07 Å². The highest BCUT2D eigenvalue weighted by atomic mass is 15.2. The number of nitriles is 1. The van der Waals surface area contributed by atoms with E-state index in [1.807, 2.05) is 6.07 Å². The maximum Gasteiger partial charge on any atom is 0.221 e. The first-order valence-corrected chi connectivity index (χ1v) is 6.23. The number of rotatable bonds is 5. The van der Waals surface area contributed by atoms with Gasteiger partial charge in [0.25, 0.3) is 0 Å². The highest BCUT2D eigenvalue weighted by Gasteiger charge is 2.23. The summed E-state index contributed by atoms with van der Waals surface area (Å²) in [5.74, 6) is 1.04. The maximum atomic E-state index is 8.63. The fourth-order valence-electron chi connectivity index (χ4n) is 2.31. The van der Waals surface area contributed by atoms with Gasteiger partial charge in [-0.3, -0.25) is 4.90 Å². The molecule has 1 unspecified atom stereocenters. The van der Waals surface area contributed by atoms with Crippen LogP contribution in [-0.2, 0) is 0 Å². The van der Waals surface area contributed by atoms with Crippen LogP contribution in [0.15, 0.2) is 12.3 Å². The molecule has 2 heterocycles. The Balaban J connectivity index is 1.84. The lowest BCUT2D eigenvalue weighted by atomic mass is 10.2. The highest BCUT2D eigenvalue weighted by molar-refractivity contribution is 5.37. The van der Waals surface area contributed by atoms with E-state index in [1.54, 1.807) is 6.20 Å². The summed E-state index contributed by atoms with van der Waals surface area (Å²) in [5.41, 5.74) is 5.53. The highest BCUT2D eigenvalue weighted by Crippen LogP contribution is 2.17. The van der Waals surface area contributed by atoms with Crippen molar-refractivity contribution in [2.24, 2.45) is 0 Å². The van der Waals surface area contributed by atoms with Gasteiger partial charge >= 0.3 is 0 Å². The fraction of sp³-hybridized carbons (Fsp3) is 0.583. The number of aromatic nitrogens is 2. The molecule has 1 atom stereocenters. The first-order chi connectivity index (χ1) is 8.79. The molecule has 1 saturated heterocycles. The van der Waals surface area contributed by atoms with Gasteiger partial charge in [0.2, 0.25) is 5.95 Å². The summed E-state index contributed by atoms with van der Waals surface area (Å²) in [4.78, 5) is 10.3. The van der Waals surface area contributed by atoms with Crippen LogP contribution in [0.4, 0.5) is 11.8 Å². The van der Waals surface area contributed by atoms with Crippen LogP contribution >= 0.6 is 0 Å². The Bertz CT molecular complexity index is 427. The van der Waals surface area contributed by atoms with Crippen LogP contribution in [0.2, 0.25) is 0 Å². The van der Waals surface area contributed by atoms with Gasteiger partial charge in [-0.1, -0.05) is 0 Å². The van der Waals surface area contributed by atoms with Crippen LogP contribution < -0.4 is 11.1 Å². The SMILES string of the molecule is N#CCCN1CCCC1CNc1ccnc(N)n1. The molecule has 0 radical (unpaired) electrons. The van der Waals surface area contributed by atoms with Crippen LogP contribution in [0.3, 0.4) is 0 Å². The lowest BCUT2D eigenvalue weighted by Gasteiger charge is -2.23. The summed E-state index contributed by atoms with van der Waals surface area (Å²) in [6.45, 7) is 2.77. The third-order valence-electron chi connectivity index (χ3n) is 3.20. The van der Waals surface area contributed by atoms with E-state index in [4.69, 9.17) is 11.0 Å². The zero-order valence-electron chi connectivity index (χ0n) is 10.3. The van der Waals surface area contributed by atoms with Crippen molar-refractivity contribution in [2.45, 2.75) is 25.3 Å². The largest absolute Gasteiger partial charge is 0.368 e. The molecule has 0 bridgehead atoms. The predicted molar refractivity (Wildman–Crippen MR) is 69.8 cm³/mol. The van der Waals surface area contributed by atoms with Crippen LogP contribution in [0.1, 0.15) is 19.3 Å². The van der Waals surface area contributed by atoms with Gasteiger partial charge in [-0.25, -0.2) is 4.98 Å². The van der Waals surface area contributed by atoms with E-state index in [0.29, 0.717) is 12.5 Å². The van der Waals surface area contributed by atoms with Crippen LogP contribution in [0.5, 0.6) is 0 Å². The van der Waals surface area contributed by atoms with Gasteiger partial charge in [-0.05, 0) is 25.5 Å². The Labute approximate surface area is 107 Å². The molecule has 18 heavy (non-hydrogen) atoms. The van der Waals surface area contributed by atoms with E-state index >= 15 is 0 Å². The van der Waals surface area contributed by atoms with Gasteiger partial charge in [0.15, 0.2) is 0 Å². The van der Waals surface area contributed by atoms with Crippen LogP contribution in [0, 0.1) is 11.3 Å². The lowest BCUT2D eigenvalue weighted by molar-refractivity contribution is 0.268. The van der Waals surface area contributed by atoms with Crippen LogP contribution in [-0.4, -0.2) is 40.5 Å². The smallest absolute Gasteiger partial charge is 0.221 e. The molecule has 0 amide bonds. The van der Waals surface area contributed by atoms with Gasteiger partial charge in [0, 0.05) is 31.7 Å². The van der Waals surface area contributed by atoms with E-state index in [1.165, 1.54) is 12.8 Å². The van der Waals surface area contributed by atoms with Crippen molar-refractivity contribution < 1.29 is 0 Å². The minimum atomic E-state index is 0.285. The Kier molecular flexibility index (Phi) is 4.31. The molecule has 6 nitrogen and oxygen atoms in total. The maximum absolute atomic E-state index is 8.63. The van der Waals surface area contributed by atoms with Crippen molar-refractivity contribution in [1.82, 2.24) is 14.9 Å². The number of nitrogens with zero attached hydrogens (tertiary/aromatic N) is 4. The Morgan fingerprint density at radius 3 is 3.28 bits per heavy atom. The molecule has 1 aromatic rings. The number of likely N-dealkylation sites (tertiary alicyclic amines) is 1. The molecule has 2 rings (SSSR count). The summed E-state index contributed by atoms with van der Waals surface area (Å²) in [7, 11) is 0. The van der Waals surface area contributed by atoms with Gasteiger partial charge in [-0.2, -0.15) is 10.2 Å². The third kappa shape index (κ3) is 3.31. The molecule has 6 heteroatoms. The molecule has 1 aliphatic heterocycles. The minimum Gasteiger partial charge on any atom is -0.368 e. The molecular weight excluding hydrogens is 228 g/mol. The second kappa shape index (κ2) is 6.17. The van der Waals surface area contributed by atoms with Crippen molar-refractivity contribution in [1.29, 1.82) is 5.26 Å². The summed E-state index contributed by atoms with van der Waals surface area (Å²) < 4.78 is 0. The van der Waals surface area contributed by atoms with Crippen molar-refractivity contribution in [3.63, 3.8) is 0 Å². The number of hydrogen-bond donors (Lipinski definition) is 2. The van der Waals surface area contributed by atoms with E-state index in [-0.39, 0.29) is 5.95 Å². The summed E-state index contributed by atoms with van der Waals surface area (Å²) in [6.07, 6.45) is 4.60. The van der Waals surface area contributed by atoms with Gasteiger partial charge in [-0.15, -0.1) is 0 Å². The molecule has 1 fully saturated rings. The number of hydrogen-bond acceptors (Lipinski definition) is 6. The summed E-state index contributed by atoms with van der Waals surface area (Å²) in [6, 6.07) is 4.49. The summed E-state index contributed by atoms with van der Waals surface area (Å²) in [5, 5.41) is 11.9. The molecule has 0 spiro atoms. The second-order valence-electron chi connectivity index (χ2n) is 4.42. The van der Waals surface area contributed by atoms with Crippen molar-refractivity contribution in [3.05, 3.63) is 12.3 Å². The second-order valence-corrected chi connectivity index (χ2v) is 4.42. The number of nitrogens with one attached hydrogen (secondary N) is 1. The molecule has 0 aliphatic carbocycles. The number of anilines is 2. The standard InChI is InChI=1S/C12H18N6/c13-5-2-8-18-7-1-3-10(18)9-16-11-4-6-15-12(14)17-11/h4,6,10H,1-3,7-9H2,(H3,14,15,16,17). The number of nitrogen functional groups attached to an aromatic ring is 1. The third-order valence-corrected chi connectivity index (χ3v) is 3.20. The molecule has 96 valence electrons. The average Bonchev–Trinajstić information content (AvgIpc) is 2.81.